The second kappa shape index (κ2) is 5.14. The standard InChI is InChI=1S/C12H20O6/c1-4-5-15-7(6-13)9-8(14)10-11(16-9)18-12(2,3)17-10/h4-5,7-11,13-14H,6H2,1-3H3/b5-4+/t7-,8+,9-,10-,11-/m1/s1. The van der Waals surface area contributed by atoms with Gasteiger partial charge < -0.3 is 29.2 Å². The van der Waals surface area contributed by atoms with E-state index in [0.717, 1.165) is 0 Å². The van der Waals surface area contributed by atoms with Gasteiger partial charge in [0.1, 0.15) is 24.4 Å². The number of aliphatic hydroxyl groups is 2. The molecule has 0 radical (unpaired) electrons. The van der Waals surface area contributed by atoms with Crippen molar-refractivity contribution in [2.45, 2.75) is 57.3 Å². The van der Waals surface area contributed by atoms with E-state index in [9.17, 15) is 10.2 Å². The zero-order valence-corrected chi connectivity index (χ0v) is 10.8. The Hall–Kier alpha value is -0.660. The fraction of sp³-hybridized carbons (Fsp3) is 0.833. The molecule has 2 N–H and O–H groups in total. The van der Waals surface area contributed by atoms with Gasteiger partial charge in [-0.1, -0.05) is 6.08 Å². The van der Waals surface area contributed by atoms with E-state index >= 15 is 0 Å². The molecule has 0 aromatic carbocycles. The zero-order chi connectivity index (χ0) is 13.3. The minimum absolute atomic E-state index is 0.255. The van der Waals surface area contributed by atoms with Crippen molar-refractivity contribution < 1.29 is 29.2 Å². The third kappa shape index (κ3) is 2.53. The highest BCUT2D eigenvalue weighted by Gasteiger charge is 2.56. The number of aliphatic hydroxyl groups excluding tert-OH is 2. The summed E-state index contributed by atoms with van der Waals surface area (Å²) in [4.78, 5) is 0. The first-order valence-electron chi connectivity index (χ1n) is 6.05. The Morgan fingerprint density at radius 1 is 1.39 bits per heavy atom. The highest BCUT2D eigenvalue weighted by atomic mass is 16.8. The van der Waals surface area contributed by atoms with Crippen LogP contribution in [0.4, 0.5) is 0 Å². The van der Waals surface area contributed by atoms with E-state index in [1.807, 2.05) is 0 Å². The fourth-order valence-corrected chi connectivity index (χ4v) is 2.23. The van der Waals surface area contributed by atoms with E-state index in [1.165, 1.54) is 6.26 Å². The lowest BCUT2D eigenvalue weighted by Crippen LogP contribution is -2.43. The number of fused-ring (bicyclic) bond motifs is 1. The molecule has 2 aliphatic heterocycles. The van der Waals surface area contributed by atoms with Crippen molar-refractivity contribution in [1.82, 2.24) is 0 Å². The lowest BCUT2D eigenvalue weighted by atomic mass is 10.1. The summed E-state index contributed by atoms with van der Waals surface area (Å²) in [6.45, 7) is 5.06. The number of allylic oxidation sites excluding steroid dienone is 1. The van der Waals surface area contributed by atoms with Crippen LogP contribution in [0.2, 0.25) is 0 Å². The summed E-state index contributed by atoms with van der Waals surface area (Å²) >= 11 is 0. The molecule has 5 atom stereocenters. The van der Waals surface area contributed by atoms with Crippen LogP contribution in [-0.2, 0) is 18.9 Å². The van der Waals surface area contributed by atoms with Gasteiger partial charge in [-0.05, 0) is 20.8 Å². The van der Waals surface area contributed by atoms with Crippen LogP contribution in [0, 0.1) is 0 Å². The van der Waals surface area contributed by atoms with Crippen LogP contribution >= 0.6 is 0 Å². The van der Waals surface area contributed by atoms with Crippen LogP contribution in [0.5, 0.6) is 0 Å². The number of hydrogen-bond acceptors (Lipinski definition) is 6. The maximum absolute atomic E-state index is 10.1. The Kier molecular flexibility index (Phi) is 3.93. The van der Waals surface area contributed by atoms with Gasteiger partial charge in [-0.25, -0.2) is 0 Å². The smallest absolute Gasteiger partial charge is 0.190 e. The van der Waals surface area contributed by atoms with Crippen molar-refractivity contribution in [3.05, 3.63) is 12.3 Å². The molecule has 2 aliphatic rings. The maximum atomic E-state index is 10.1. The first-order chi connectivity index (χ1) is 8.48. The molecule has 2 saturated heterocycles. The third-order valence-corrected chi connectivity index (χ3v) is 2.99. The Morgan fingerprint density at radius 3 is 2.67 bits per heavy atom. The summed E-state index contributed by atoms with van der Waals surface area (Å²) in [7, 11) is 0. The van der Waals surface area contributed by atoms with Gasteiger partial charge in [0.2, 0.25) is 0 Å². The van der Waals surface area contributed by atoms with Crippen LogP contribution in [0.15, 0.2) is 12.3 Å². The number of hydrogen-bond donors (Lipinski definition) is 2. The van der Waals surface area contributed by atoms with Crippen molar-refractivity contribution in [3.63, 3.8) is 0 Å². The lowest BCUT2D eigenvalue weighted by molar-refractivity contribution is -0.227. The molecule has 0 bridgehead atoms. The van der Waals surface area contributed by atoms with Gasteiger partial charge in [-0.15, -0.1) is 0 Å². The van der Waals surface area contributed by atoms with Gasteiger partial charge in [0.15, 0.2) is 12.1 Å². The van der Waals surface area contributed by atoms with E-state index in [1.54, 1.807) is 26.8 Å². The minimum Gasteiger partial charge on any atom is -0.493 e. The molecule has 2 fully saturated rings. The minimum atomic E-state index is -0.890. The Labute approximate surface area is 106 Å². The van der Waals surface area contributed by atoms with Gasteiger partial charge in [0.25, 0.3) is 0 Å². The zero-order valence-electron chi connectivity index (χ0n) is 10.8. The predicted molar refractivity (Wildman–Crippen MR) is 61.5 cm³/mol. The third-order valence-electron chi connectivity index (χ3n) is 2.99. The fourth-order valence-electron chi connectivity index (χ4n) is 2.23. The van der Waals surface area contributed by atoms with Gasteiger partial charge >= 0.3 is 0 Å². The number of ether oxygens (including phenoxy) is 4. The molecule has 2 rings (SSSR count). The summed E-state index contributed by atoms with van der Waals surface area (Å²) in [6.07, 6.45) is -0.220. The van der Waals surface area contributed by atoms with E-state index in [2.05, 4.69) is 0 Å². The normalized spacial score (nSPS) is 40.1. The summed E-state index contributed by atoms with van der Waals surface area (Å²) in [5, 5.41) is 19.4. The van der Waals surface area contributed by atoms with E-state index < -0.39 is 36.5 Å². The second-order valence-corrected chi connectivity index (χ2v) is 4.89. The average Bonchev–Trinajstić information content (AvgIpc) is 2.75. The molecule has 18 heavy (non-hydrogen) atoms. The van der Waals surface area contributed by atoms with Crippen molar-refractivity contribution in [1.29, 1.82) is 0 Å². The molecule has 6 heteroatoms. The van der Waals surface area contributed by atoms with E-state index in [-0.39, 0.29) is 6.61 Å². The van der Waals surface area contributed by atoms with Crippen molar-refractivity contribution in [3.8, 4) is 0 Å². The quantitative estimate of drug-likeness (QED) is 0.700. The molecular formula is C12H20O6. The molecule has 0 unspecified atom stereocenters. The average molecular weight is 260 g/mol. The Morgan fingerprint density at radius 2 is 2.11 bits per heavy atom. The molecule has 6 nitrogen and oxygen atoms in total. The highest BCUT2D eigenvalue weighted by Crippen LogP contribution is 2.38. The SMILES string of the molecule is C/C=C/O[C@H](CO)[C@H]1O[C@@H]2OC(C)(C)O[C@@H]2[C@H]1O. The maximum Gasteiger partial charge on any atom is 0.190 e. The summed E-state index contributed by atoms with van der Waals surface area (Å²) < 4.78 is 21.9. The summed E-state index contributed by atoms with van der Waals surface area (Å²) in [5.74, 6) is -0.764. The summed E-state index contributed by atoms with van der Waals surface area (Å²) in [6, 6.07) is 0. The van der Waals surface area contributed by atoms with Crippen LogP contribution in [-0.4, -0.2) is 53.3 Å². The van der Waals surface area contributed by atoms with Crippen LogP contribution < -0.4 is 0 Å². The largest absolute Gasteiger partial charge is 0.493 e. The first kappa shape index (κ1) is 13.8. The molecular weight excluding hydrogens is 240 g/mol. The highest BCUT2D eigenvalue weighted by molar-refractivity contribution is 4.96. The predicted octanol–water partition coefficient (Wildman–Crippen LogP) is 0.135. The van der Waals surface area contributed by atoms with Gasteiger partial charge in [-0.3, -0.25) is 0 Å². The monoisotopic (exact) mass is 260 g/mol. The molecule has 0 aromatic heterocycles. The van der Waals surface area contributed by atoms with Crippen LogP contribution in [0.3, 0.4) is 0 Å². The number of rotatable bonds is 4. The Bertz CT molecular complexity index is 316. The van der Waals surface area contributed by atoms with Crippen molar-refractivity contribution in [2.75, 3.05) is 6.61 Å². The van der Waals surface area contributed by atoms with Gasteiger partial charge in [-0.2, -0.15) is 0 Å². The lowest BCUT2D eigenvalue weighted by Gasteiger charge is -2.27. The van der Waals surface area contributed by atoms with E-state index in [0.29, 0.717) is 0 Å². The second-order valence-electron chi connectivity index (χ2n) is 4.89. The molecule has 0 aromatic rings. The van der Waals surface area contributed by atoms with Gasteiger partial charge in [0.05, 0.1) is 12.9 Å². The Balaban J connectivity index is 2.01. The van der Waals surface area contributed by atoms with Crippen molar-refractivity contribution >= 4 is 0 Å². The van der Waals surface area contributed by atoms with E-state index in [4.69, 9.17) is 18.9 Å². The molecule has 0 spiro atoms. The molecule has 2 heterocycles. The summed E-state index contributed by atoms with van der Waals surface area (Å²) in [5.41, 5.74) is 0. The van der Waals surface area contributed by atoms with Crippen molar-refractivity contribution in [2.24, 2.45) is 0 Å². The molecule has 0 aliphatic carbocycles. The molecule has 104 valence electrons. The first-order valence-corrected chi connectivity index (χ1v) is 6.05. The van der Waals surface area contributed by atoms with Crippen LogP contribution in [0.25, 0.3) is 0 Å². The molecule has 0 amide bonds. The topological polar surface area (TPSA) is 77.4 Å². The van der Waals surface area contributed by atoms with Gasteiger partial charge in [0, 0.05) is 0 Å². The van der Waals surface area contributed by atoms with Crippen LogP contribution in [0.1, 0.15) is 20.8 Å². The molecule has 0 saturated carbocycles.